The minimum absolute atomic E-state index is 0.243. The number of benzene rings is 2. The topological polar surface area (TPSA) is 76.1 Å². The number of hydrogen-bond donors (Lipinski definition) is 2. The molecule has 2 aromatic carbocycles. The summed E-state index contributed by atoms with van der Waals surface area (Å²) in [7, 11) is 1.61. The molecule has 0 aliphatic rings. The lowest BCUT2D eigenvalue weighted by molar-refractivity contribution is 0.102. The number of anilines is 3. The molecule has 0 unspecified atom stereocenters. The molecule has 0 saturated heterocycles. The summed E-state index contributed by atoms with van der Waals surface area (Å²) in [6.07, 6.45) is 3.01. The van der Waals surface area contributed by atoms with Crippen molar-refractivity contribution in [2.24, 2.45) is 0 Å². The zero-order valence-electron chi connectivity index (χ0n) is 16.5. The molecule has 0 radical (unpaired) electrons. The monoisotopic (exact) mass is 376 g/mol. The Labute approximate surface area is 165 Å². The zero-order chi connectivity index (χ0) is 20.1. The number of nitrogens with zero attached hydrogens (tertiary/aromatic N) is 2. The smallest absolute Gasteiger partial charge is 0.258 e. The van der Waals surface area contributed by atoms with Crippen molar-refractivity contribution in [3.63, 3.8) is 0 Å². The summed E-state index contributed by atoms with van der Waals surface area (Å²) in [5, 5.41) is 6.07. The average Bonchev–Trinajstić information content (AvgIpc) is 2.69. The van der Waals surface area contributed by atoms with Crippen LogP contribution in [0.25, 0.3) is 0 Å². The molecule has 144 valence electrons. The molecule has 0 fully saturated rings. The highest BCUT2D eigenvalue weighted by atomic mass is 16.5. The van der Waals surface area contributed by atoms with Crippen LogP contribution in [0.4, 0.5) is 17.3 Å². The molecule has 1 aromatic heterocycles. The van der Waals surface area contributed by atoms with Crippen LogP contribution in [-0.4, -0.2) is 23.0 Å². The lowest BCUT2D eigenvalue weighted by atomic mass is 10.0. The molecule has 3 rings (SSSR count). The van der Waals surface area contributed by atoms with Gasteiger partial charge in [0, 0.05) is 18.1 Å². The molecule has 0 aliphatic heterocycles. The highest BCUT2D eigenvalue weighted by molar-refractivity contribution is 6.04. The number of aryl methyl sites for hydroxylation is 1. The first-order valence-corrected chi connectivity index (χ1v) is 9.12. The number of para-hydroxylation sites is 1. The van der Waals surface area contributed by atoms with Crippen LogP contribution in [-0.2, 0) is 0 Å². The maximum Gasteiger partial charge on any atom is 0.258 e. The maximum absolute atomic E-state index is 12.6. The van der Waals surface area contributed by atoms with E-state index < -0.39 is 0 Å². The molecule has 1 heterocycles. The fourth-order valence-electron chi connectivity index (χ4n) is 2.86. The van der Waals surface area contributed by atoms with Crippen LogP contribution in [0.2, 0.25) is 0 Å². The Hall–Kier alpha value is -3.41. The van der Waals surface area contributed by atoms with Gasteiger partial charge in [0.15, 0.2) is 0 Å². The molecular weight excluding hydrogens is 352 g/mol. The van der Waals surface area contributed by atoms with Gasteiger partial charge in [-0.15, -0.1) is 0 Å². The van der Waals surface area contributed by atoms with Crippen LogP contribution in [0, 0.1) is 6.92 Å². The molecule has 3 aromatic rings. The fourth-order valence-corrected chi connectivity index (χ4v) is 2.86. The SMILES string of the molecule is COc1ccc(C)cc1Nc1ncc(C(=O)Nc2ccccc2C(C)C)cn1. The molecule has 0 aliphatic carbocycles. The van der Waals surface area contributed by atoms with E-state index >= 15 is 0 Å². The minimum atomic E-state index is -0.243. The van der Waals surface area contributed by atoms with E-state index in [0.29, 0.717) is 23.2 Å². The van der Waals surface area contributed by atoms with E-state index in [4.69, 9.17) is 4.74 Å². The van der Waals surface area contributed by atoms with Crippen LogP contribution < -0.4 is 15.4 Å². The predicted octanol–water partition coefficient (Wildman–Crippen LogP) is 4.91. The van der Waals surface area contributed by atoms with Crippen LogP contribution in [0.5, 0.6) is 5.75 Å². The molecule has 28 heavy (non-hydrogen) atoms. The molecule has 6 heteroatoms. The number of aromatic nitrogens is 2. The molecule has 0 atom stereocenters. The van der Waals surface area contributed by atoms with E-state index in [2.05, 4.69) is 34.4 Å². The molecular formula is C22H24N4O2. The first-order valence-electron chi connectivity index (χ1n) is 9.12. The van der Waals surface area contributed by atoms with Crippen molar-refractivity contribution in [1.82, 2.24) is 9.97 Å². The summed E-state index contributed by atoms with van der Waals surface area (Å²) in [5.74, 6) is 1.15. The van der Waals surface area contributed by atoms with Crippen molar-refractivity contribution in [1.29, 1.82) is 0 Å². The van der Waals surface area contributed by atoms with Crippen molar-refractivity contribution in [2.75, 3.05) is 17.7 Å². The van der Waals surface area contributed by atoms with Gasteiger partial charge in [0.05, 0.1) is 18.4 Å². The lowest BCUT2D eigenvalue weighted by Crippen LogP contribution is -2.14. The Balaban J connectivity index is 1.74. The number of amides is 1. The summed E-state index contributed by atoms with van der Waals surface area (Å²) in [6, 6.07) is 13.6. The number of ether oxygens (including phenoxy) is 1. The lowest BCUT2D eigenvalue weighted by Gasteiger charge is -2.14. The Morgan fingerprint density at radius 3 is 2.43 bits per heavy atom. The van der Waals surface area contributed by atoms with E-state index in [1.54, 1.807) is 7.11 Å². The van der Waals surface area contributed by atoms with Gasteiger partial charge >= 0.3 is 0 Å². The van der Waals surface area contributed by atoms with Gasteiger partial charge in [0.2, 0.25) is 5.95 Å². The van der Waals surface area contributed by atoms with Crippen LogP contribution in [0.3, 0.4) is 0 Å². The quantitative estimate of drug-likeness (QED) is 0.639. The average molecular weight is 376 g/mol. The van der Waals surface area contributed by atoms with Gasteiger partial charge in [0.25, 0.3) is 5.91 Å². The van der Waals surface area contributed by atoms with E-state index in [-0.39, 0.29) is 5.91 Å². The first kappa shape index (κ1) is 19.4. The summed E-state index contributed by atoms with van der Waals surface area (Å²) in [4.78, 5) is 21.1. The fraction of sp³-hybridized carbons (Fsp3) is 0.227. The summed E-state index contributed by atoms with van der Waals surface area (Å²) in [5.41, 5.74) is 4.13. The second-order valence-electron chi connectivity index (χ2n) is 6.82. The Morgan fingerprint density at radius 2 is 1.75 bits per heavy atom. The molecule has 6 nitrogen and oxygen atoms in total. The number of nitrogens with one attached hydrogen (secondary N) is 2. The molecule has 1 amide bonds. The van der Waals surface area contributed by atoms with Crippen LogP contribution in [0.15, 0.2) is 54.9 Å². The number of hydrogen-bond acceptors (Lipinski definition) is 5. The molecule has 0 spiro atoms. The standard InChI is InChI=1S/C22H24N4O2/c1-14(2)17-7-5-6-8-18(17)25-21(27)16-12-23-22(24-13-16)26-19-11-15(3)9-10-20(19)28-4/h5-14H,1-4H3,(H,25,27)(H,23,24,26). The Morgan fingerprint density at radius 1 is 1.04 bits per heavy atom. The van der Waals surface area contributed by atoms with Gasteiger partial charge in [-0.3, -0.25) is 4.79 Å². The Kier molecular flexibility index (Phi) is 5.89. The minimum Gasteiger partial charge on any atom is -0.495 e. The maximum atomic E-state index is 12.6. The number of methoxy groups -OCH3 is 1. The largest absolute Gasteiger partial charge is 0.495 e. The first-order chi connectivity index (χ1) is 13.5. The van der Waals surface area contributed by atoms with Gasteiger partial charge in [-0.1, -0.05) is 38.1 Å². The van der Waals surface area contributed by atoms with Gasteiger partial charge in [-0.05, 0) is 42.2 Å². The second kappa shape index (κ2) is 8.52. The van der Waals surface area contributed by atoms with Crippen molar-refractivity contribution < 1.29 is 9.53 Å². The van der Waals surface area contributed by atoms with Crippen molar-refractivity contribution >= 4 is 23.2 Å². The normalized spacial score (nSPS) is 10.6. The van der Waals surface area contributed by atoms with Crippen molar-refractivity contribution in [3.8, 4) is 5.75 Å². The number of rotatable bonds is 6. The summed E-state index contributed by atoms with van der Waals surface area (Å²) < 4.78 is 5.35. The molecule has 2 N–H and O–H groups in total. The van der Waals surface area contributed by atoms with Gasteiger partial charge in [-0.2, -0.15) is 0 Å². The van der Waals surface area contributed by atoms with Crippen LogP contribution in [0.1, 0.15) is 41.3 Å². The number of carbonyl (C=O) groups is 1. The summed E-state index contributed by atoms with van der Waals surface area (Å²) in [6.45, 7) is 6.18. The van der Waals surface area contributed by atoms with E-state index in [9.17, 15) is 4.79 Å². The predicted molar refractivity (Wildman–Crippen MR) is 112 cm³/mol. The van der Waals surface area contributed by atoms with E-state index in [1.165, 1.54) is 12.4 Å². The third-order valence-corrected chi connectivity index (χ3v) is 4.35. The molecule has 0 saturated carbocycles. The zero-order valence-corrected chi connectivity index (χ0v) is 16.5. The van der Waals surface area contributed by atoms with Gasteiger partial charge in [-0.25, -0.2) is 9.97 Å². The van der Waals surface area contributed by atoms with E-state index in [1.807, 2.05) is 49.4 Å². The van der Waals surface area contributed by atoms with Crippen molar-refractivity contribution in [2.45, 2.75) is 26.7 Å². The highest BCUT2D eigenvalue weighted by Gasteiger charge is 2.12. The second-order valence-corrected chi connectivity index (χ2v) is 6.82. The third-order valence-electron chi connectivity index (χ3n) is 4.35. The third kappa shape index (κ3) is 4.46. The summed E-state index contributed by atoms with van der Waals surface area (Å²) >= 11 is 0. The van der Waals surface area contributed by atoms with Crippen molar-refractivity contribution in [3.05, 3.63) is 71.5 Å². The number of carbonyl (C=O) groups excluding carboxylic acids is 1. The Bertz CT molecular complexity index is 969. The highest BCUT2D eigenvalue weighted by Crippen LogP contribution is 2.27. The van der Waals surface area contributed by atoms with Gasteiger partial charge in [0.1, 0.15) is 5.75 Å². The van der Waals surface area contributed by atoms with E-state index in [0.717, 1.165) is 22.5 Å². The van der Waals surface area contributed by atoms with Gasteiger partial charge < -0.3 is 15.4 Å². The molecule has 0 bridgehead atoms. The van der Waals surface area contributed by atoms with Crippen LogP contribution >= 0.6 is 0 Å².